The zero-order valence-electron chi connectivity index (χ0n) is 13.7. The smallest absolute Gasteiger partial charge is 0.251 e. The molecule has 1 fully saturated rings. The van der Waals surface area contributed by atoms with Crippen LogP contribution in [0.3, 0.4) is 0 Å². The van der Waals surface area contributed by atoms with Crippen molar-refractivity contribution in [1.29, 1.82) is 0 Å². The molecule has 1 aliphatic rings. The number of ether oxygens (including phenoxy) is 1. The summed E-state index contributed by atoms with van der Waals surface area (Å²) >= 11 is 1.74. The first-order valence-electron chi connectivity index (χ1n) is 7.94. The summed E-state index contributed by atoms with van der Waals surface area (Å²) in [5.74, 6) is -0.0106. The maximum Gasteiger partial charge on any atom is 0.251 e. The van der Waals surface area contributed by atoms with Gasteiger partial charge in [0.1, 0.15) is 0 Å². The van der Waals surface area contributed by atoms with Gasteiger partial charge in [-0.3, -0.25) is 9.69 Å². The van der Waals surface area contributed by atoms with Crippen LogP contribution in [0.15, 0.2) is 41.8 Å². The highest BCUT2D eigenvalue weighted by Crippen LogP contribution is 2.25. The molecule has 24 heavy (non-hydrogen) atoms. The minimum atomic E-state index is -0.0106. The molecular formula is C18H23ClN2O2S. The minimum Gasteiger partial charge on any atom is -0.379 e. The van der Waals surface area contributed by atoms with Gasteiger partial charge in [0.05, 0.1) is 19.3 Å². The number of morpholine rings is 1. The van der Waals surface area contributed by atoms with Gasteiger partial charge >= 0.3 is 0 Å². The fourth-order valence-corrected chi connectivity index (χ4v) is 3.72. The monoisotopic (exact) mass is 366 g/mol. The predicted molar refractivity (Wildman–Crippen MR) is 100 cm³/mol. The highest BCUT2D eigenvalue weighted by molar-refractivity contribution is 7.10. The lowest BCUT2D eigenvalue weighted by Gasteiger charge is -2.34. The number of halogens is 1. The molecule has 1 N–H and O–H groups in total. The van der Waals surface area contributed by atoms with Gasteiger partial charge in [0.25, 0.3) is 5.91 Å². The van der Waals surface area contributed by atoms with Crippen LogP contribution in [0.2, 0.25) is 0 Å². The predicted octanol–water partition coefficient (Wildman–Crippen LogP) is 3.28. The molecule has 4 nitrogen and oxygen atoms in total. The molecule has 0 spiro atoms. The van der Waals surface area contributed by atoms with E-state index >= 15 is 0 Å². The van der Waals surface area contributed by atoms with E-state index in [0.29, 0.717) is 6.54 Å². The number of hydrogen-bond acceptors (Lipinski definition) is 4. The number of nitrogens with one attached hydrogen (secondary N) is 1. The largest absolute Gasteiger partial charge is 0.379 e. The molecule has 2 heterocycles. The first-order valence-corrected chi connectivity index (χ1v) is 8.82. The zero-order valence-corrected chi connectivity index (χ0v) is 15.4. The van der Waals surface area contributed by atoms with Gasteiger partial charge in [0, 0.05) is 30.1 Å². The van der Waals surface area contributed by atoms with Crippen LogP contribution in [0, 0.1) is 6.92 Å². The fraction of sp³-hybridized carbons (Fsp3) is 0.389. The number of carbonyl (C=O) groups excluding carboxylic acids is 1. The van der Waals surface area contributed by atoms with E-state index in [1.165, 1.54) is 4.88 Å². The Morgan fingerprint density at radius 2 is 2.08 bits per heavy atom. The molecule has 0 radical (unpaired) electrons. The van der Waals surface area contributed by atoms with Gasteiger partial charge in [-0.15, -0.1) is 23.7 Å². The van der Waals surface area contributed by atoms with Crippen LogP contribution in [0.25, 0.3) is 0 Å². The van der Waals surface area contributed by atoms with Crippen LogP contribution in [0.1, 0.15) is 26.8 Å². The summed E-state index contributed by atoms with van der Waals surface area (Å²) in [4.78, 5) is 16.1. The molecule has 1 aliphatic heterocycles. The normalized spacial score (nSPS) is 16.2. The van der Waals surface area contributed by atoms with Gasteiger partial charge in [-0.2, -0.15) is 0 Å². The summed E-state index contributed by atoms with van der Waals surface area (Å²) in [6.45, 7) is 5.94. The van der Waals surface area contributed by atoms with E-state index in [9.17, 15) is 4.79 Å². The van der Waals surface area contributed by atoms with Crippen molar-refractivity contribution in [1.82, 2.24) is 10.2 Å². The van der Waals surface area contributed by atoms with Gasteiger partial charge < -0.3 is 10.1 Å². The molecule has 0 bridgehead atoms. The Balaban J connectivity index is 0.00000208. The third-order valence-electron chi connectivity index (χ3n) is 4.09. The number of carbonyl (C=O) groups is 1. The fourth-order valence-electron chi connectivity index (χ4n) is 2.86. The molecule has 0 aliphatic carbocycles. The third-order valence-corrected chi connectivity index (χ3v) is 5.07. The molecule has 1 unspecified atom stereocenters. The number of thiophene rings is 1. The molecule has 2 aromatic rings. The van der Waals surface area contributed by atoms with Crippen LogP contribution in [0.4, 0.5) is 0 Å². The maximum atomic E-state index is 12.4. The standard InChI is InChI=1S/C18H22N2O2S.ClH/c1-14-4-2-5-15(12-14)18(21)19-13-16(17-6-3-11-23-17)20-7-9-22-10-8-20;/h2-6,11-12,16H,7-10,13H2,1H3,(H,19,21);1H. The Bertz CT molecular complexity index is 642. The second kappa shape index (κ2) is 9.18. The second-order valence-electron chi connectivity index (χ2n) is 5.76. The zero-order chi connectivity index (χ0) is 16.1. The summed E-state index contributed by atoms with van der Waals surface area (Å²) in [6, 6.07) is 12.1. The second-order valence-corrected chi connectivity index (χ2v) is 6.74. The van der Waals surface area contributed by atoms with Crippen LogP contribution in [-0.4, -0.2) is 43.7 Å². The molecule has 0 saturated carbocycles. The average Bonchev–Trinajstić information content (AvgIpc) is 3.10. The molecule has 3 rings (SSSR count). The Kier molecular flexibility index (Phi) is 7.24. The van der Waals surface area contributed by atoms with Crippen molar-refractivity contribution in [2.75, 3.05) is 32.8 Å². The van der Waals surface area contributed by atoms with Crippen molar-refractivity contribution >= 4 is 29.7 Å². The van der Waals surface area contributed by atoms with Crippen LogP contribution in [0.5, 0.6) is 0 Å². The van der Waals surface area contributed by atoms with Crippen LogP contribution >= 0.6 is 23.7 Å². The van der Waals surface area contributed by atoms with Crippen LogP contribution < -0.4 is 5.32 Å². The Labute approximate surface area is 153 Å². The summed E-state index contributed by atoms with van der Waals surface area (Å²) in [7, 11) is 0. The van der Waals surface area contributed by atoms with Crippen molar-refractivity contribution in [3.8, 4) is 0 Å². The lowest BCUT2D eigenvalue weighted by molar-refractivity contribution is 0.0169. The van der Waals surface area contributed by atoms with Gasteiger partial charge in [-0.1, -0.05) is 23.8 Å². The van der Waals surface area contributed by atoms with Gasteiger partial charge in [-0.05, 0) is 30.5 Å². The molecular weight excluding hydrogens is 344 g/mol. The van der Waals surface area contributed by atoms with E-state index in [4.69, 9.17) is 4.74 Å². The number of rotatable bonds is 5. The first kappa shape index (κ1) is 18.9. The van der Waals surface area contributed by atoms with Crippen molar-refractivity contribution in [3.63, 3.8) is 0 Å². The Morgan fingerprint density at radius 1 is 1.29 bits per heavy atom. The average molecular weight is 367 g/mol. The van der Waals surface area contributed by atoms with E-state index in [-0.39, 0.29) is 24.4 Å². The summed E-state index contributed by atoms with van der Waals surface area (Å²) in [6.07, 6.45) is 0. The molecule has 1 aromatic carbocycles. The summed E-state index contributed by atoms with van der Waals surface area (Å²) < 4.78 is 5.45. The number of nitrogens with zero attached hydrogens (tertiary/aromatic N) is 1. The van der Waals surface area contributed by atoms with Gasteiger partial charge in [-0.25, -0.2) is 0 Å². The minimum absolute atomic E-state index is 0. The Morgan fingerprint density at radius 3 is 2.75 bits per heavy atom. The molecule has 6 heteroatoms. The molecule has 1 atom stereocenters. The lowest BCUT2D eigenvalue weighted by Crippen LogP contribution is -2.43. The van der Waals surface area contributed by atoms with E-state index in [1.54, 1.807) is 11.3 Å². The van der Waals surface area contributed by atoms with E-state index in [0.717, 1.165) is 37.4 Å². The Hall–Kier alpha value is -1.40. The molecule has 1 amide bonds. The van der Waals surface area contributed by atoms with Crippen molar-refractivity contribution < 1.29 is 9.53 Å². The summed E-state index contributed by atoms with van der Waals surface area (Å²) in [5, 5.41) is 5.19. The quantitative estimate of drug-likeness (QED) is 0.882. The van der Waals surface area contributed by atoms with E-state index in [2.05, 4.69) is 27.7 Å². The highest BCUT2D eigenvalue weighted by Gasteiger charge is 2.24. The molecule has 1 saturated heterocycles. The maximum absolute atomic E-state index is 12.4. The summed E-state index contributed by atoms with van der Waals surface area (Å²) in [5.41, 5.74) is 1.82. The van der Waals surface area contributed by atoms with Crippen LogP contribution in [-0.2, 0) is 4.74 Å². The topological polar surface area (TPSA) is 41.6 Å². The number of amides is 1. The SMILES string of the molecule is Cc1cccc(C(=O)NCC(c2cccs2)N2CCOCC2)c1.Cl. The van der Waals surface area contributed by atoms with Crippen molar-refractivity contribution in [2.24, 2.45) is 0 Å². The first-order chi connectivity index (χ1) is 11.2. The third kappa shape index (κ3) is 4.80. The number of aryl methyl sites for hydroxylation is 1. The molecule has 1 aromatic heterocycles. The van der Waals surface area contributed by atoms with Crippen molar-refractivity contribution in [3.05, 3.63) is 57.8 Å². The highest BCUT2D eigenvalue weighted by atomic mass is 35.5. The lowest BCUT2D eigenvalue weighted by atomic mass is 10.1. The van der Waals surface area contributed by atoms with Gasteiger partial charge in [0.2, 0.25) is 0 Å². The van der Waals surface area contributed by atoms with E-state index in [1.807, 2.05) is 31.2 Å². The number of benzene rings is 1. The molecule has 130 valence electrons. The van der Waals surface area contributed by atoms with Gasteiger partial charge in [0.15, 0.2) is 0 Å². The van der Waals surface area contributed by atoms with Crippen molar-refractivity contribution in [2.45, 2.75) is 13.0 Å². The number of hydrogen-bond donors (Lipinski definition) is 1. The van der Waals surface area contributed by atoms with E-state index < -0.39 is 0 Å².